The molecule has 0 aliphatic carbocycles. The Labute approximate surface area is 164 Å². The van der Waals surface area contributed by atoms with Crippen LogP contribution in [0.25, 0.3) is 0 Å². The van der Waals surface area contributed by atoms with E-state index in [1.54, 1.807) is 0 Å². The number of ether oxygens (including phenoxy) is 1. The molecule has 1 N–H and O–H groups in total. The molecule has 2 unspecified atom stereocenters. The quantitative estimate of drug-likeness (QED) is 0.298. The zero-order chi connectivity index (χ0) is 20.1. The van der Waals surface area contributed by atoms with Crippen LogP contribution in [0.2, 0.25) is 0 Å². The number of carbonyl (C=O) groups is 2. The molecule has 152 valence electrons. The Morgan fingerprint density at radius 2 is 1.44 bits per heavy atom. The summed E-state index contributed by atoms with van der Waals surface area (Å²) in [5.41, 5.74) is 0.592. The summed E-state index contributed by atoms with van der Waals surface area (Å²) in [5.74, 6) is -0.954. The summed E-state index contributed by atoms with van der Waals surface area (Å²) in [4.78, 5) is 23.6. The molecule has 0 heterocycles. The third-order valence-corrected chi connectivity index (χ3v) is 5.20. The van der Waals surface area contributed by atoms with Crippen molar-refractivity contribution < 1.29 is 19.4 Å². The number of unbranched alkanes of at least 4 members (excludes halogenated alkanes) is 5. The van der Waals surface area contributed by atoms with Crippen LogP contribution in [0.5, 0.6) is 0 Å². The van der Waals surface area contributed by atoms with E-state index in [0.29, 0.717) is 11.5 Å². The standard InChI is InChI=1S/C23H36O4/c1-4-7-9-10-11-13-21(18(6-3)12-8-5-2)27-23(26)20-16-14-19(15-17-20)22(24)25/h14-18,21H,4-13H2,1-3H3,(H,24,25). The van der Waals surface area contributed by atoms with E-state index in [2.05, 4.69) is 20.8 Å². The molecule has 4 nitrogen and oxygen atoms in total. The zero-order valence-corrected chi connectivity index (χ0v) is 17.2. The average molecular weight is 377 g/mol. The van der Waals surface area contributed by atoms with Gasteiger partial charge in [0.15, 0.2) is 0 Å². The fourth-order valence-corrected chi connectivity index (χ4v) is 3.41. The summed E-state index contributed by atoms with van der Waals surface area (Å²) in [7, 11) is 0. The molecule has 0 spiro atoms. The molecule has 0 fully saturated rings. The minimum atomic E-state index is -0.995. The van der Waals surface area contributed by atoms with Crippen LogP contribution >= 0.6 is 0 Å². The maximum absolute atomic E-state index is 12.6. The lowest BCUT2D eigenvalue weighted by Crippen LogP contribution is -2.27. The Bertz CT molecular complexity index is 550. The molecule has 1 aromatic carbocycles. The monoisotopic (exact) mass is 376 g/mol. The summed E-state index contributed by atoms with van der Waals surface area (Å²) < 4.78 is 5.91. The van der Waals surface area contributed by atoms with Gasteiger partial charge >= 0.3 is 11.9 Å². The van der Waals surface area contributed by atoms with Crippen molar-refractivity contribution in [3.05, 3.63) is 35.4 Å². The van der Waals surface area contributed by atoms with Gasteiger partial charge < -0.3 is 9.84 Å². The van der Waals surface area contributed by atoms with Gasteiger partial charge in [0.2, 0.25) is 0 Å². The van der Waals surface area contributed by atoms with Crippen molar-refractivity contribution in [2.75, 3.05) is 0 Å². The first-order chi connectivity index (χ1) is 13.0. The van der Waals surface area contributed by atoms with Gasteiger partial charge in [0, 0.05) is 0 Å². The second kappa shape index (κ2) is 13.3. The van der Waals surface area contributed by atoms with Crippen molar-refractivity contribution in [2.45, 2.75) is 91.1 Å². The van der Waals surface area contributed by atoms with Gasteiger partial charge in [-0.25, -0.2) is 9.59 Å². The fourth-order valence-electron chi connectivity index (χ4n) is 3.41. The van der Waals surface area contributed by atoms with Crippen LogP contribution in [0.4, 0.5) is 0 Å². The molecule has 27 heavy (non-hydrogen) atoms. The van der Waals surface area contributed by atoms with E-state index in [1.807, 2.05) is 0 Å². The van der Waals surface area contributed by atoms with Crippen LogP contribution in [0.1, 0.15) is 106 Å². The van der Waals surface area contributed by atoms with E-state index in [-0.39, 0.29) is 17.6 Å². The number of rotatable bonds is 14. The molecule has 1 rings (SSSR count). The first kappa shape index (κ1) is 23.2. The van der Waals surface area contributed by atoms with E-state index in [1.165, 1.54) is 49.9 Å². The first-order valence-electron chi connectivity index (χ1n) is 10.6. The Kier molecular flexibility index (Phi) is 11.5. The average Bonchev–Trinajstić information content (AvgIpc) is 2.68. The molecule has 0 aliphatic heterocycles. The van der Waals surface area contributed by atoms with Crippen LogP contribution < -0.4 is 0 Å². The second-order valence-corrected chi connectivity index (χ2v) is 7.34. The maximum Gasteiger partial charge on any atom is 0.338 e. The largest absolute Gasteiger partial charge is 0.478 e. The molecule has 0 saturated carbocycles. The summed E-state index contributed by atoms with van der Waals surface area (Å²) in [6, 6.07) is 5.98. The maximum atomic E-state index is 12.6. The van der Waals surface area contributed by atoms with Crippen molar-refractivity contribution in [3.8, 4) is 0 Å². The van der Waals surface area contributed by atoms with Gasteiger partial charge in [-0.05, 0) is 55.9 Å². The lowest BCUT2D eigenvalue weighted by atomic mass is 9.90. The highest BCUT2D eigenvalue weighted by Crippen LogP contribution is 2.25. The van der Waals surface area contributed by atoms with Crippen molar-refractivity contribution in [1.82, 2.24) is 0 Å². The normalized spacial score (nSPS) is 13.1. The van der Waals surface area contributed by atoms with Gasteiger partial charge in [0.05, 0.1) is 11.1 Å². The van der Waals surface area contributed by atoms with E-state index >= 15 is 0 Å². The number of carboxylic acid groups (broad SMARTS) is 1. The van der Waals surface area contributed by atoms with Gasteiger partial charge in [-0.3, -0.25) is 0 Å². The van der Waals surface area contributed by atoms with E-state index in [4.69, 9.17) is 9.84 Å². The summed E-state index contributed by atoms with van der Waals surface area (Å²) >= 11 is 0. The minimum absolute atomic E-state index is 0.0603. The Morgan fingerprint density at radius 3 is 2.00 bits per heavy atom. The smallest absolute Gasteiger partial charge is 0.338 e. The third-order valence-electron chi connectivity index (χ3n) is 5.20. The molecule has 1 aromatic rings. The Hall–Kier alpha value is -1.84. The minimum Gasteiger partial charge on any atom is -0.478 e. The number of carbonyl (C=O) groups excluding carboxylic acids is 1. The summed E-state index contributed by atoms with van der Waals surface area (Å²) in [6.07, 6.45) is 11.2. The molecular weight excluding hydrogens is 340 g/mol. The summed E-state index contributed by atoms with van der Waals surface area (Å²) in [6.45, 7) is 6.56. The second-order valence-electron chi connectivity index (χ2n) is 7.34. The molecule has 0 aliphatic rings. The fraction of sp³-hybridized carbons (Fsp3) is 0.652. The molecule has 0 saturated heterocycles. The SMILES string of the molecule is CCCCCCCC(OC(=O)c1ccc(C(=O)O)cc1)C(CC)CCCC. The molecule has 0 bridgehead atoms. The van der Waals surface area contributed by atoms with Gasteiger partial charge in [-0.15, -0.1) is 0 Å². The number of hydrogen-bond donors (Lipinski definition) is 1. The predicted octanol–water partition coefficient (Wildman–Crippen LogP) is 6.49. The van der Waals surface area contributed by atoms with Crippen LogP contribution in [-0.4, -0.2) is 23.1 Å². The van der Waals surface area contributed by atoms with Crippen LogP contribution in [0.15, 0.2) is 24.3 Å². The number of esters is 1. The van der Waals surface area contributed by atoms with Gasteiger partial charge in [-0.2, -0.15) is 0 Å². The van der Waals surface area contributed by atoms with E-state index in [0.717, 1.165) is 38.5 Å². The van der Waals surface area contributed by atoms with E-state index in [9.17, 15) is 9.59 Å². The zero-order valence-electron chi connectivity index (χ0n) is 17.2. The molecule has 0 radical (unpaired) electrons. The summed E-state index contributed by atoms with van der Waals surface area (Å²) in [5, 5.41) is 8.99. The molecular formula is C23H36O4. The van der Waals surface area contributed by atoms with Crippen molar-refractivity contribution >= 4 is 11.9 Å². The number of hydrogen-bond acceptors (Lipinski definition) is 3. The highest BCUT2D eigenvalue weighted by Gasteiger charge is 2.24. The lowest BCUT2D eigenvalue weighted by Gasteiger charge is -2.26. The molecule has 4 heteroatoms. The topological polar surface area (TPSA) is 63.6 Å². The van der Waals surface area contributed by atoms with Crippen molar-refractivity contribution in [3.63, 3.8) is 0 Å². The van der Waals surface area contributed by atoms with Crippen molar-refractivity contribution in [2.24, 2.45) is 5.92 Å². The van der Waals surface area contributed by atoms with Crippen LogP contribution in [-0.2, 0) is 4.74 Å². The highest BCUT2D eigenvalue weighted by molar-refractivity contribution is 5.92. The Balaban J connectivity index is 2.74. The lowest BCUT2D eigenvalue weighted by molar-refractivity contribution is 0.00773. The first-order valence-corrected chi connectivity index (χ1v) is 10.6. The van der Waals surface area contributed by atoms with Gasteiger partial charge in [-0.1, -0.05) is 59.3 Å². The van der Waals surface area contributed by atoms with Gasteiger partial charge in [0.1, 0.15) is 6.10 Å². The number of aromatic carboxylic acids is 1. The van der Waals surface area contributed by atoms with Crippen LogP contribution in [0, 0.1) is 5.92 Å². The predicted molar refractivity (Wildman–Crippen MR) is 109 cm³/mol. The highest BCUT2D eigenvalue weighted by atomic mass is 16.5. The molecule has 0 amide bonds. The van der Waals surface area contributed by atoms with Gasteiger partial charge in [0.25, 0.3) is 0 Å². The van der Waals surface area contributed by atoms with E-state index < -0.39 is 5.97 Å². The molecule has 2 atom stereocenters. The third kappa shape index (κ3) is 8.59. The Morgan fingerprint density at radius 1 is 0.852 bits per heavy atom. The van der Waals surface area contributed by atoms with Crippen molar-refractivity contribution in [1.29, 1.82) is 0 Å². The van der Waals surface area contributed by atoms with Crippen LogP contribution in [0.3, 0.4) is 0 Å². The number of carboxylic acids is 1. The molecule has 0 aromatic heterocycles. The number of benzene rings is 1.